The third-order valence-corrected chi connectivity index (χ3v) is 19.4. The molecule has 24 nitrogen and oxygen atoms in total. The Labute approximate surface area is 615 Å². The van der Waals surface area contributed by atoms with Crippen molar-refractivity contribution in [2.45, 2.75) is 184 Å². The first-order chi connectivity index (χ1) is 49.7. The first-order valence-corrected chi connectivity index (χ1v) is 36.9. The molecule has 0 aliphatic carbocycles. The zero-order valence-electron chi connectivity index (χ0n) is 64.1. The highest BCUT2D eigenvalue weighted by molar-refractivity contribution is 5.81. The largest absolute Gasteiger partial charge is 0.349 e. The topological polar surface area (TPSA) is 249 Å². The summed E-state index contributed by atoms with van der Waals surface area (Å²) in [5.41, 5.74) is 11.8. The molecule has 0 spiro atoms. The standard InChI is InChI=1S/4C20H27N5O/c4*1-14(2)18-7-6-17(12-21-18)11-20(26)24-9-10-25(16(4)13-24)19-8-5-15(3)22-23-19/h4*5-8,12,14,16H,9-11,13H2,1-4H3/t4*16-/m1100/s1. The van der Waals surface area contributed by atoms with Crippen LogP contribution >= 0.6 is 0 Å². The molecule has 104 heavy (non-hydrogen) atoms. The van der Waals surface area contributed by atoms with Gasteiger partial charge in [-0.1, -0.05) is 79.7 Å². The summed E-state index contributed by atoms with van der Waals surface area (Å²) >= 11 is 0. The zero-order chi connectivity index (χ0) is 74.7. The second kappa shape index (κ2) is 36.9. The summed E-state index contributed by atoms with van der Waals surface area (Å²) in [7, 11) is 0. The summed E-state index contributed by atoms with van der Waals surface area (Å²) in [6, 6.07) is 32.9. The highest BCUT2D eigenvalue weighted by Gasteiger charge is 2.32. The summed E-state index contributed by atoms with van der Waals surface area (Å²) < 4.78 is 0. The van der Waals surface area contributed by atoms with Gasteiger partial charge in [-0.15, -0.1) is 20.4 Å². The minimum atomic E-state index is 0.158. The lowest BCUT2D eigenvalue weighted by Crippen LogP contribution is -2.54. The summed E-state index contributed by atoms with van der Waals surface area (Å²) in [6.07, 6.45) is 8.93. The molecule has 0 aromatic carbocycles. The van der Waals surface area contributed by atoms with Gasteiger partial charge in [0.2, 0.25) is 23.6 Å². The van der Waals surface area contributed by atoms with Crippen molar-refractivity contribution in [1.82, 2.24) is 80.3 Å². The molecule has 0 N–H and O–H groups in total. The molecule has 4 amide bonds. The Morgan fingerprint density at radius 1 is 0.298 bits per heavy atom. The van der Waals surface area contributed by atoms with Crippen molar-refractivity contribution in [3.63, 3.8) is 0 Å². The maximum atomic E-state index is 12.7. The van der Waals surface area contributed by atoms with Crippen LogP contribution in [0.2, 0.25) is 0 Å². The van der Waals surface area contributed by atoms with Gasteiger partial charge in [0.05, 0.1) is 48.5 Å². The second-order valence-corrected chi connectivity index (χ2v) is 29.4. The number of aryl methyl sites for hydroxylation is 4. The Morgan fingerprint density at radius 3 is 0.644 bits per heavy atom. The number of carbonyl (C=O) groups is 4. The van der Waals surface area contributed by atoms with Crippen molar-refractivity contribution in [3.8, 4) is 0 Å². The molecule has 4 aliphatic heterocycles. The van der Waals surface area contributed by atoms with Crippen LogP contribution in [0.4, 0.5) is 23.3 Å². The van der Waals surface area contributed by atoms with E-state index in [4.69, 9.17) is 0 Å². The van der Waals surface area contributed by atoms with Gasteiger partial charge in [-0.05, 0) is 174 Å². The summed E-state index contributed by atoms with van der Waals surface area (Å²) in [5, 5.41) is 33.7. The number of carbonyl (C=O) groups excluding carboxylic acids is 4. The molecule has 4 fully saturated rings. The number of aromatic nitrogens is 12. The molecule has 8 aromatic rings. The number of amides is 4. The molecule has 4 atom stereocenters. The van der Waals surface area contributed by atoms with E-state index in [0.29, 0.717) is 102 Å². The summed E-state index contributed by atoms with van der Waals surface area (Å²) in [6.45, 7) is 41.9. The zero-order valence-corrected chi connectivity index (χ0v) is 64.1. The molecular weight excluding hydrogens is 1310 g/mol. The van der Waals surface area contributed by atoms with E-state index in [1.165, 1.54) is 0 Å². The van der Waals surface area contributed by atoms with Crippen molar-refractivity contribution in [2.24, 2.45) is 0 Å². The van der Waals surface area contributed by atoms with Crippen molar-refractivity contribution < 1.29 is 19.2 Å². The van der Waals surface area contributed by atoms with Gasteiger partial charge in [0.1, 0.15) is 0 Å². The highest BCUT2D eigenvalue weighted by atomic mass is 16.2. The Morgan fingerprint density at radius 2 is 0.500 bits per heavy atom. The number of hydrogen-bond donors (Lipinski definition) is 0. The van der Waals surface area contributed by atoms with E-state index in [2.05, 4.69) is 163 Å². The van der Waals surface area contributed by atoms with Crippen LogP contribution < -0.4 is 19.6 Å². The number of pyridine rings is 4. The molecule has 0 radical (unpaired) electrons. The number of nitrogens with zero attached hydrogens (tertiary/aromatic N) is 20. The minimum absolute atomic E-state index is 0.158. The third kappa shape index (κ3) is 22.0. The van der Waals surface area contributed by atoms with Crippen LogP contribution in [-0.4, -0.2) is 207 Å². The van der Waals surface area contributed by atoms with Crippen LogP contribution in [0, 0.1) is 27.7 Å². The van der Waals surface area contributed by atoms with Crippen molar-refractivity contribution in [2.75, 3.05) is 98.1 Å². The lowest BCUT2D eigenvalue weighted by Gasteiger charge is -2.40. The maximum absolute atomic E-state index is 12.7. The summed E-state index contributed by atoms with van der Waals surface area (Å²) in [5.74, 6) is 5.75. The van der Waals surface area contributed by atoms with E-state index in [0.717, 1.165) is 117 Å². The molecule has 0 unspecified atom stereocenters. The average molecular weight is 1410 g/mol. The van der Waals surface area contributed by atoms with Crippen LogP contribution in [-0.2, 0) is 44.9 Å². The van der Waals surface area contributed by atoms with Crippen LogP contribution in [0.1, 0.15) is 175 Å². The SMILES string of the molecule is Cc1ccc(N2CCN(C(=O)Cc3ccc(C(C)C)nc3)C[C@@H]2C)nn1.Cc1ccc(N2CCN(C(=O)Cc3ccc(C(C)C)nc3)C[C@@H]2C)nn1.Cc1ccc(N2CCN(C(=O)Cc3ccc(C(C)C)nc3)C[C@H]2C)nn1.Cc1ccc(N2CCN(C(=O)Cc3ccc(C(C)C)nc3)C[C@H]2C)nn1. The van der Waals surface area contributed by atoms with E-state index in [1.54, 1.807) is 0 Å². The normalized spacial score (nSPS) is 17.7. The number of anilines is 4. The fourth-order valence-corrected chi connectivity index (χ4v) is 13.0. The monoisotopic (exact) mass is 1410 g/mol. The molecule has 24 heteroatoms. The smallest absolute Gasteiger partial charge is 0.227 e. The van der Waals surface area contributed by atoms with E-state index in [1.807, 2.05) is 169 Å². The number of piperazine rings is 4. The molecule has 4 saturated heterocycles. The molecule has 0 saturated carbocycles. The van der Waals surface area contributed by atoms with Crippen LogP contribution in [0.3, 0.4) is 0 Å². The van der Waals surface area contributed by atoms with Crippen LogP contribution in [0.5, 0.6) is 0 Å². The molecule has 12 rings (SSSR count). The Balaban J connectivity index is 0.000000161. The minimum Gasteiger partial charge on any atom is -0.349 e. The van der Waals surface area contributed by atoms with Crippen molar-refractivity contribution in [3.05, 3.63) is 190 Å². The fraction of sp³-hybridized carbons (Fsp3) is 0.500. The molecular formula is C80H108N20O4. The van der Waals surface area contributed by atoms with Gasteiger partial charge in [0.15, 0.2) is 23.3 Å². The average Bonchev–Trinajstić information content (AvgIpc) is 0.839. The molecule has 4 aliphatic rings. The highest BCUT2D eigenvalue weighted by Crippen LogP contribution is 2.25. The molecule has 12 heterocycles. The lowest BCUT2D eigenvalue weighted by molar-refractivity contribution is -0.132. The van der Waals surface area contributed by atoms with E-state index in [9.17, 15) is 19.2 Å². The fourth-order valence-electron chi connectivity index (χ4n) is 13.0. The van der Waals surface area contributed by atoms with Crippen molar-refractivity contribution in [1.29, 1.82) is 0 Å². The summed E-state index contributed by atoms with van der Waals surface area (Å²) in [4.78, 5) is 85.2. The van der Waals surface area contributed by atoms with E-state index < -0.39 is 0 Å². The first kappa shape index (κ1) is 78.1. The van der Waals surface area contributed by atoms with Gasteiger partial charge in [-0.3, -0.25) is 39.1 Å². The maximum Gasteiger partial charge on any atom is 0.227 e. The first-order valence-electron chi connectivity index (χ1n) is 36.9. The van der Waals surface area contributed by atoms with Gasteiger partial charge in [-0.25, -0.2) is 0 Å². The predicted octanol–water partition coefficient (Wildman–Crippen LogP) is 10.3. The molecule has 8 aromatic heterocycles. The Hall–Kier alpha value is -10.0. The van der Waals surface area contributed by atoms with Gasteiger partial charge in [-0.2, -0.15) is 20.4 Å². The number of rotatable bonds is 16. The van der Waals surface area contributed by atoms with E-state index >= 15 is 0 Å². The van der Waals surface area contributed by atoms with Crippen LogP contribution in [0.15, 0.2) is 122 Å². The third-order valence-electron chi connectivity index (χ3n) is 19.4. The second-order valence-electron chi connectivity index (χ2n) is 29.4. The van der Waals surface area contributed by atoms with Crippen LogP contribution in [0.25, 0.3) is 0 Å². The molecule has 552 valence electrons. The van der Waals surface area contributed by atoms with Crippen molar-refractivity contribution >= 4 is 46.9 Å². The predicted molar refractivity (Wildman–Crippen MR) is 409 cm³/mol. The van der Waals surface area contributed by atoms with E-state index in [-0.39, 0.29) is 47.8 Å². The van der Waals surface area contributed by atoms with Gasteiger partial charge in [0.25, 0.3) is 0 Å². The molecule has 0 bridgehead atoms. The lowest BCUT2D eigenvalue weighted by atomic mass is 10.1. The quantitative estimate of drug-likeness (QED) is 0.0872. The Bertz CT molecular complexity index is 3490. The number of hydrogen-bond acceptors (Lipinski definition) is 20. The van der Waals surface area contributed by atoms with Gasteiger partial charge < -0.3 is 39.2 Å². The van der Waals surface area contributed by atoms with Gasteiger partial charge >= 0.3 is 0 Å². The Kier molecular flexibility index (Phi) is 27.7. The van der Waals surface area contributed by atoms with Gasteiger partial charge in [0, 0.05) is 150 Å².